The zero-order valence-corrected chi connectivity index (χ0v) is 18.6. The fraction of sp³-hybridized carbons (Fsp3) is 0.308. The summed E-state index contributed by atoms with van der Waals surface area (Å²) in [6, 6.07) is 13.6. The topological polar surface area (TPSA) is 81.8 Å². The van der Waals surface area contributed by atoms with Crippen LogP contribution in [0.25, 0.3) is 17.0 Å². The maximum atomic E-state index is 11.6. The second-order valence-electron chi connectivity index (χ2n) is 7.73. The predicted molar refractivity (Wildman–Crippen MR) is 122 cm³/mol. The quantitative estimate of drug-likeness (QED) is 0.474. The summed E-state index contributed by atoms with van der Waals surface area (Å²) in [6.45, 7) is 4.21. The second-order valence-corrected chi connectivity index (χ2v) is 7.73. The molecule has 1 N–H and O–H groups in total. The number of benzene rings is 2. The van der Waals surface area contributed by atoms with Gasteiger partial charge in [0.25, 0.3) is 0 Å². The highest BCUT2D eigenvalue weighted by Crippen LogP contribution is 2.44. The Morgan fingerprint density at radius 2 is 1.94 bits per heavy atom. The van der Waals surface area contributed by atoms with E-state index in [-0.39, 0.29) is 0 Å². The van der Waals surface area contributed by atoms with Gasteiger partial charge in [0.15, 0.2) is 11.5 Å². The number of hydrogen-bond donors (Lipinski definition) is 1. The number of carboxylic acid groups (broad SMARTS) is 1. The molecule has 0 saturated heterocycles. The summed E-state index contributed by atoms with van der Waals surface area (Å²) in [7, 11) is 1.62. The van der Waals surface area contributed by atoms with Crippen LogP contribution in [0.15, 0.2) is 52.5 Å². The zero-order chi connectivity index (χ0) is 22.7. The molecule has 1 heterocycles. The molecule has 2 aromatic carbocycles. The van der Waals surface area contributed by atoms with E-state index in [4.69, 9.17) is 13.9 Å². The van der Waals surface area contributed by atoms with E-state index in [9.17, 15) is 9.90 Å². The van der Waals surface area contributed by atoms with Crippen molar-refractivity contribution in [3.63, 3.8) is 0 Å². The molecule has 0 aliphatic heterocycles. The summed E-state index contributed by atoms with van der Waals surface area (Å²) < 4.78 is 17.6. The first-order valence-corrected chi connectivity index (χ1v) is 10.8. The van der Waals surface area contributed by atoms with Gasteiger partial charge in [-0.1, -0.05) is 31.2 Å². The fourth-order valence-corrected chi connectivity index (χ4v) is 4.29. The van der Waals surface area contributed by atoms with E-state index in [0.717, 1.165) is 40.1 Å². The fourth-order valence-electron chi connectivity index (χ4n) is 4.29. The smallest absolute Gasteiger partial charge is 0.331 e. The highest BCUT2D eigenvalue weighted by molar-refractivity contribution is 5.98. The van der Waals surface area contributed by atoms with Crippen LogP contribution in [0.2, 0.25) is 0 Å². The summed E-state index contributed by atoms with van der Waals surface area (Å²) in [5.41, 5.74) is 5.13. The largest absolute Gasteiger partial charge is 0.493 e. The standard InChI is InChI=1S/C26H27NO5/c1-4-18(26(28)29)19-10-11-21-20(19)12-13-23(24(21)30-3)31-15-14-22-16(2)32-25(27-22)17-8-6-5-7-9-17/h5-9,12-13H,4,10-11,14-15H2,1-3H3,(H,28,29). The Labute approximate surface area is 187 Å². The lowest BCUT2D eigenvalue weighted by molar-refractivity contribution is -0.132. The molecule has 0 amide bonds. The van der Waals surface area contributed by atoms with E-state index >= 15 is 0 Å². The number of ether oxygens (including phenoxy) is 2. The van der Waals surface area contributed by atoms with Crippen LogP contribution in [-0.2, 0) is 17.6 Å². The van der Waals surface area contributed by atoms with Gasteiger partial charge in [0, 0.05) is 23.1 Å². The zero-order valence-electron chi connectivity index (χ0n) is 18.6. The molecule has 0 atom stereocenters. The molecule has 0 unspecified atom stereocenters. The van der Waals surface area contributed by atoms with E-state index in [0.29, 0.717) is 48.8 Å². The number of nitrogens with zero attached hydrogens (tertiary/aromatic N) is 1. The van der Waals surface area contributed by atoms with Crippen molar-refractivity contribution in [2.24, 2.45) is 0 Å². The van der Waals surface area contributed by atoms with Crippen molar-refractivity contribution in [2.75, 3.05) is 13.7 Å². The minimum absolute atomic E-state index is 0.425. The first-order chi connectivity index (χ1) is 15.5. The van der Waals surface area contributed by atoms with Crippen molar-refractivity contribution in [3.05, 3.63) is 70.6 Å². The van der Waals surface area contributed by atoms with Crippen molar-refractivity contribution in [3.8, 4) is 23.0 Å². The van der Waals surface area contributed by atoms with Crippen LogP contribution in [0.4, 0.5) is 0 Å². The molecule has 0 spiro atoms. The number of aromatic nitrogens is 1. The number of oxazole rings is 1. The maximum Gasteiger partial charge on any atom is 0.331 e. The van der Waals surface area contributed by atoms with Crippen molar-refractivity contribution in [1.29, 1.82) is 0 Å². The van der Waals surface area contributed by atoms with Crippen LogP contribution >= 0.6 is 0 Å². The van der Waals surface area contributed by atoms with Gasteiger partial charge in [-0.3, -0.25) is 0 Å². The molecule has 0 fully saturated rings. The van der Waals surface area contributed by atoms with Gasteiger partial charge in [0.05, 0.1) is 19.4 Å². The van der Waals surface area contributed by atoms with Gasteiger partial charge in [0.2, 0.25) is 5.89 Å². The second kappa shape index (κ2) is 9.30. The van der Waals surface area contributed by atoms with Crippen molar-refractivity contribution < 1.29 is 23.8 Å². The normalized spacial score (nSPS) is 14.2. The Hall–Kier alpha value is -3.54. The highest BCUT2D eigenvalue weighted by Gasteiger charge is 2.27. The molecule has 4 rings (SSSR count). The number of hydrogen-bond acceptors (Lipinski definition) is 5. The number of aliphatic carboxylic acids is 1. The Kier molecular flexibility index (Phi) is 6.30. The predicted octanol–water partition coefficient (Wildman–Crippen LogP) is 5.47. The minimum atomic E-state index is -0.854. The van der Waals surface area contributed by atoms with E-state index in [1.165, 1.54) is 0 Å². The minimum Gasteiger partial charge on any atom is -0.493 e. The molecule has 1 aliphatic carbocycles. The Morgan fingerprint density at radius 3 is 2.62 bits per heavy atom. The van der Waals surface area contributed by atoms with Crippen LogP contribution in [0, 0.1) is 6.92 Å². The number of aryl methyl sites for hydroxylation is 1. The van der Waals surface area contributed by atoms with Crippen molar-refractivity contribution >= 4 is 11.5 Å². The van der Waals surface area contributed by atoms with E-state index in [1.807, 2.05) is 56.3 Å². The number of allylic oxidation sites excluding steroid dienone is 1. The molecule has 0 bridgehead atoms. The summed E-state index contributed by atoms with van der Waals surface area (Å²) in [5.74, 6) is 1.87. The SMILES string of the molecule is CCC(C(=O)O)=C1CCc2c1ccc(OCCc1nc(-c3ccccc3)oc1C)c2OC. The van der Waals surface area contributed by atoms with Crippen LogP contribution in [0.3, 0.4) is 0 Å². The average Bonchev–Trinajstić information content (AvgIpc) is 3.38. The van der Waals surface area contributed by atoms with Gasteiger partial charge in [-0.15, -0.1) is 0 Å². The molecule has 1 aromatic heterocycles. The van der Waals surface area contributed by atoms with Crippen LogP contribution in [0.5, 0.6) is 11.5 Å². The highest BCUT2D eigenvalue weighted by atomic mass is 16.5. The van der Waals surface area contributed by atoms with E-state index < -0.39 is 5.97 Å². The van der Waals surface area contributed by atoms with Gasteiger partial charge in [-0.25, -0.2) is 9.78 Å². The van der Waals surface area contributed by atoms with Crippen LogP contribution < -0.4 is 9.47 Å². The molecule has 0 saturated carbocycles. The summed E-state index contributed by atoms with van der Waals surface area (Å²) in [6.07, 6.45) is 2.54. The van der Waals surface area contributed by atoms with Gasteiger partial charge in [-0.05, 0) is 55.5 Å². The number of rotatable bonds is 8. The monoisotopic (exact) mass is 433 g/mol. The average molecular weight is 434 g/mol. The third-order valence-electron chi connectivity index (χ3n) is 5.86. The summed E-state index contributed by atoms with van der Waals surface area (Å²) in [5, 5.41) is 9.53. The van der Waals surface area contributed by atoms with E-state index in [1.54, 1.807) is 7.11 Å². The molecular formula is C26H27NO5. The van der Waals surface area contributed by atoms with Crippen molar-refractivity contribution in [2.45, 2.75) is 39.5 Å². The lowest BCUT2D eigenvalue weighted by Gasteiger charge is -2.14. The molecule has 32 heavy (non-hydrogen) atoms. The van der Waals surface area contributed by atoms with Gasteiger partial charge >= 0.3 is 5.97 Å². The van der Waals surface area contributed by atoms with Crippen LogP contribution in [0.1, 0.15) is 42.3 Å². The van der Waals surface area contributed by atoms with E-state index in [2.05, 4.69) is 4.98 Å². The lowest BCUT2D eigenvalue weighted by Crippen LogP contribution is -2.05. The third kappa shape index (κ3) is 4.13. The Bertz CT molecular complexity index is 1160. The lowest BCUT2D eigenvalue weighted by atomic mass is 9.99. The third-order valence-corrected chi connectivity index (χ3v) is 5.86. The molecular weight excluding hydrogens is 406 g/mol. The summed E-state index contributed by atoms with van der Waals surface area (Å²) in [4.78, 5) is 16.2. The van der Waals surface area contributed by atoms with Gasteiger partial charge in [0.1, 0.15) is 5.76 Å². The number of carboxylic acids is 1. The van der Waals surface area contributed by atoms with Gasteiger partial charge in [-0.2, -0.15) is 0 Å². The van der Waals surface area contributed by atoms with Crippen molar-refractivity contribution in [1.82, 2.24) is 4.98 Å². The number of fused-ring (bicyclic) bond motifs is 1. The maximum absolute atomic E-state index is 11.6. The molecule has 166 valence electrons. The van der Waals surface area contributed by atoms with Crippen LogP contribution in [-0.4, -0.2) is 29.8 Å². The number of methoxy groups -OCH3 is 1. The molecule has 3 aromatic rings. The van der Waals surface area contributed by atoms with Gasteiger partial charge < -0.3 is 19.0 Å². The first kappa shape index (κ1) is 21.7. The molecule has 6 nitrogen and oxygen atoms in total. The molecule has 0 radical (unpaired) electrons. The molecule has 6 heteroatoms. The first-order valence-electron chi connectivity index (χ1n) is 10.8. The Balaban J connectivity index is 1.51. The Morgan fingerprint density at radius 1 is 1.16 bits per heavy atom. The molecule has 1 aliphatic rings. The summed E-state index contributed by atoms with van der Waals surface area (Å²) >= 11 is 0. The number of carbonyl (C=O) groups is 1.